The molecule has 5 nitrogen and oxygen atoms in total. The van der Waals surface area contributed by atoms with Gasteiger partial charge in [0.25, 0.3) is 11.1 Å². The van der Waals surface area contributed by atoms with Gasteiger partial charge in [0.2, 0.25) is 5.91 Å². The summed E-state index contributed by atoms with van der Waals surface area (Å²) >= 11 is 11.5. The van der Waals surface area contributed by atoms with Crippen LogP contribution < -0.4 is 10.2 Å². The summed E-state index contributed by atoms with van der Waals surface area (Å²) in [5.41, 5.74) is 1.08. The first-order chi connectivity index (χ1) is 9.64. The van der Waals surface area contributed by atoms with Gasteiger partial charge < -0.3 is 10.2 Å². The van der Waals surface area contributed by atoms with Crippen molar-refractivity contribution in [2.24, 2.45) is 0 Å². The number of nitrogens with zero attached hydrogens (tertiary/aromatic N) is 1. The van der Waals surface area contributed by atoms with Gasteiger partial charge in [0, 0.05) is 24.6 Å². The van der Waals surface area contributed by atoms with Crippen LogP contribution in [0.3, 0.4) is 0 Å². The first-order valence-electron chi connectivity index (χ1n) is 5.51. The van der Waals surface area contributed by atoms with Gasteiger partial charge in [-0.15, -0.1) is 0 Å². The number of nitrogens with one attached hydrogen (secondary N) is 1. The van der Waals surface area contributed by atoms with E-state index in [1.807, 2.05) is 67.8 Å². The van der Waals surface area contributed by atoms with Crippen LogP contribution in [0, 0.1) is 10.7 Å². The van der Waals surface area contributed by atoms with Crippen molar-refractivity contribution in [2.45, 2.75) is 6.92 Å². The monoisotopic (exact) mass is 646 g/mol. The molecule has 0 unspecified atom stereocenters. The Morgan fingerprint density at radius 1 is 1.05 bits per heavy atom. The summed E-state index contributed by atoms with van der Waals surface area (Å²) in [6, 6.07) is 0. The van der Waals surface area contributed by atoms with Gasteiger partial charge in [-0.2, -0.15) is 0 Å². The third-order valence-electron chi connectivity index (χ3n) is 2.75. The van der Waals surface area contributed by atoms with E-state index in [1.165, 1.54) is 18.9 Å². The number of amides is 2. The normalized spacial score (nSPS) is 10.2. The minimum absolute atomic E-state index is 0.206. The maximum atomic E-state index is 12.1. The molecule has 0 aliphatic rings. The zero-order chi connectivity index (χ0) is 16.5. The van der Waals surface area contributed by atoms with Gasteiger partial charge in [-0.05, 0) is 79.4 Å². The molecular weight excluding hydrogens is 636 g/mol. The van der Waals surface area contributed by atoms with Crippen molar-refractivity contribution in [2.75, 3.05) is 19.0 Å². The van der Waals surface area contributed by atoms with E-state index in [0.717, 1.165) is 0 Å². The third kappa shape index (κ3) is 3.80. The van der Waals surface area contributed by atoms with Gasteiger partial charge in [0.05, 0.1) is 24.0 Å². The van der Waals surface area contributed by atoms with Gasteiger partial charge in [-0.1, -0.05) is 0 Å². The fourth-order valence-corrected chi connectivity index (χ4v) is 6.98. The third-order valence-corrected chi connectivity index (χ3v) is 6.12. The minimum atomic E-state index is -0.663. The highest BCUT2D eigenvalue weighted by Gasteiger charge is 2.28. The van der Waals surface area contributed by atoms with E-state index in [1.54, 1.807) is 7.05 Å². The van der Waals surface area contributed by atoms with Crippen molar-refractivity contribution in [1.29, 1.82) is 0 Å². The largest absolute Gasteiger partial charge is 0.355 e. The summed E-state index contributed by atoms with van der Waals surface area (Å²) in [7, 11) is 3.09. The Bertz CT molecular complexity index is 649. The topological polar surface area (TPSA) is 66.5 Å². The van der Waals surface area contributed by atoms with Crippen LogP contribution >= 0.6 is 79.4 Å². The van der Waals surface area contributed by atoms with Gasteiger partial charge in [0.15, 0.2) is 0 Å². The number of hydrogen-bond donors (Lipinski definition) is 1. The van der Waals surface area contributed by atoms with Gasteiger partial charge in [0.1, 0.15) is 0 Å². The van der Waals surface area contributed by atoms with Gasteiger partial charge >= 0.3 is 0 Å². The minimum Gasteiger partial charge on any atom is -0.355 e. The van der Waals surface area contributed by atoms with E-state index in [-0.39, 0.29) is 17.4 Å². The van der Waals surface area contributed by atoms with Crippen molar-refractivity contribution < 1.29 is 14.4 Å². The van der Waals surface area contributed by atoms with Crippen LogP contribution in [-0.4, -0.2) is 31.2 Å². The number of carbonyl (C=O) groups is 3. The average Bonchev–Trinajstić information content (AvgIpc) is 2.37. The zero-order valence-electron chi connectivity index (χ0n) is 11.2. The lowest BCUT2D eigenvalue weighted by molar-refractivity contribution is -0.116. The molecule has 21 heavy (non-hydrogen) atoms. The van der Waals surface area contributed by atoms with Gasteiger partial charge in [-0.25, -0.2) is 0 Å². The standard InChI is InChI=1S/C12H10ClI3N2O3/c1-4(19)18(3)10-8(15)5(11(13)20)7(14)6(9(10)16)12(21)17-2/h1-3H3,(H,17,21). The average molecular weight is 646 g/mol. The smallest absolute Gasteiger partial charge is 0.254 e. The van der Waals surface area contributed by atoms with E-state index in [2.05, 4.69) is 5.32 Å². The molecule has 1 aromatic carbocycles. The molecule has 0 saturated carbocycles. The second-order valence-corrected chi connectivity index (χ2v) is 7.55. The van der Waals surface area contributed by atoms with E-state index in [4.69, 9.17) is 11.6 Å². The summed E-state index contributed by atoms with van der Waals surface area (Å²) in [5, 5.41) is 1.87. The Labute approximate surface area is 168 Å². The Morgan fingerprint density at radius 3 is 1.90 bits per heavy atom. The van der Waals surface area contributed by atoms with Crippen molar-refractivity contribution in [3.05, 3.63) is 21.8 Å². The molecule has 114 valence electrons. The molecule has 0 aliphatic carbocycles. The van der Waals surface area contributed by atoms with Crippen LogP contribution in [0.4, 0.5) is 5.69 Å². The predicted molar refractivity (Wildman–Crippen MR) is 107 cm³/mol. The second-order valence-electron chi connectivity index (χ2n) is 3.97. The Balaban J connectivity index is 3.89. The molecule has 9 heteroatoms. The van der Waals surface area contributed by atoms with E-state index in [9.17, 15) is 14.4 Å². The fraction of sp³-hybridized carbons (Fsp3) is 0.250. The molecule has 0 heterocycles. The van der Waals surface area contributed by atoms with Crippen LogP contribution in [0.25, 0.3) is 0 Å². The molecule has 1 rings (SSSR count). The van der Waals surface area contributed by atoms with Crippen molar-refractivity contribution >= 4 is 102 Å². The highest BCUT2D eigenvalue weighted by Crippen LogP contribution is 2.38. The summed E-state index contributed by atoms with van der Waals surface area (Å²) in [5.74, 6) is -0.541. The number of halogens is 4. The van der Waals surface area contributed by atoms with E-state index >= 15 is 0 Å². The Morgan fingerprint density at radius 2 is 1.52 bits per heavy atom. The van der Waals surface area contributed by atoms with E-state index in [0.29, 0.717) is 22.0 Å². The molecule has 0 aromatic heterocycles. The zero-order valence-corrected chi connectivity index (χ0v) is 18.4. The van der Waals surface area contributed by atoms with Crippen molar-refractivity contribution in [1.82, 2.24) is 5.32 Å². The molecule has 1 aromatic rings. The predicted octanol–water partition coefficient (Wildman–Crippen LogP) is 3.22. The second kappa shape index (κ2) is 7.73. The quantitative estimate of drug-likeness (QED) is 0.406. The van der Waals surface area contributed by atoms with Gasteiger partial charge in [-0.3, -0.25) is 14.4 Å². The number of anilines is 1. The first-order valence-corrected chi connectivity index (χ1v) is 9.13. The lowest BCUT2D eigenvalue weighted by Gasteiger charge is -2.23. The number of benzene rings is 1. The van der Waals surface area contributed by atoms with Crippen molar-refractivity contribution in [3.8, 4) is 0 Å². The summed E-state index contributed by atoms with van der Waals surface area (Å²) in [6.07, 6.45) is 0. The fourth-order valence-electron chi connectivity index (χ4n) is 1.60. The molecule has 2 amide bonds. The maximum absolute atomic E-state index is 12.1. The number of rotatable bonds is 3. The van der Waals surface area contributed by atoms with Crippen LogP contribution in [0.2, 0.25) is 0 Å². The number of carbonyl (C=O) groups excluding carboxylic acids is 3. The lowest BCUT2D eigenvalue weighted by atomic mass is 10.1. The molecule has 0 bridgehead atoms. The molecule has 0 aliphatic heterocycles. The molecule has 0 fully saturated rings. The van der Waals surface area contributed by atoms with E-state index < -0.39 is 5.24 Å². The molecule has 0 spiro atoms. The lowest BCUT2D eigenvalue weighted by Crippen LogP contribution is -2.29. The number of hydrogen-bond acceptors (Lipinski definition) is 3. The summed E-state index contributed by atoms with van der Waals surface area (Å²) in [6.45, 7) is 1.41. The van der Waals surface area contributed by atoms with Crippen LogP contribution in [0.15, 0.2) is 0 Å². The van der Waals surface area contributed by atoms with Crippen molar-refractivity contribution in [3.63, 3.8) is 0 Å². The summed E-state index contributed by atoms with van der Waals surface area (Å²) in [4.78, 5) is 36.9. The molecule has 0 saturated heterocycles. The Kier molecular flexibility index (Phi) is 7.12. The maximum Gasteiger partial charge on any atom is 0.254 e. The first kappa shape index (κ1) is 19.4. The van der Waals surface area contributed by atoms with Crippen LogP contribution in [0.5, 0.6) is 0 Å². The Hall–Kier alpha value is 0.310. The molecule has 1 N–H and O–H groups in total. The SMILES string of the molecule is CNC(=O)c1c(I)c(C(=O)Cl)c(I)c(N(C)C(C)=O)c1I. The van der Waals surface area contributed by atoms with Crippen LogP contribution in [0.1, 0.15) is 27.6 Å². The highest BCUT2D eigenvalue weighted by molar-refractivity contribution is 14.1. The summed E-state index contributed by atoms with van der Waals surface area (Å²) < 4.78 is 1.62. The highest BCUT2D eigenvalue weighted by atomic mass is 127. The van der Waals surface area contributed by atoms with Crippen LogP contribution in [-0.2, 0) is 4.79 Å². The molecular formula is C12H10ClI3N2O3. The molecule has 0 radical (unpaired) electrons. The molecule has 0 atom stereocenters.